The van der Waals surface area contributed by atoms with Crippen LogP contribution < -0.4 is 4.72 Å². The van der Waals surface area contributed by atoms with Crippen LogP contribution in [0.15, 0.2) is 45.1 Å². The molecule has 0 unspecified atom stereocenters. The van der Waals surface area contributed by atoms with Gasteiger partial charge in [-0.2, -0.15) is 0 Å². The van der Waals surface area contributed by atoms with Gasteiger partial charge in [0, 0.05) is 11.4 Å². The molecule has 2 aromatic rings. The third-order valence-electron chi connectivity index (χ3n) is 2.72. The molecule has 1 aromatic carbocycles. The van der Waals surface area contributed by atoms with Crippen molar-refractivity contribution in [3.05, 3.63) is 50.6 Å². The van der Waals surface area contributed by atoms with Gasteiger partial charge in [-0.05, 0) is 46.1 Å². The van der Waals surface area contributed by atoms with E-state index in [0.717, 1.165) is 8.66 Å². The summed E-state index contributed by atoms with van der Waals surface area (Å²) in [6.07, 6.45) is 0.636. The third-order valence-corrected chi connectivity index (χ3v) is 5.97. The van der Waals surface area contributed by atoms with Crippen LogP contribution in [0, 0.1) is 0 Å². The number of hydrogen-bond donors (Lipinski definition) is 2. The number of nitrogens with one attached hydrogen (secondary N) is 1. The summed E-state index contributed by atoms with van der Waals surface area (Å²) in [6.45, 7) is 0.0318. The van der Waals surface area contributed by atoms with E-state index in [9.17, 15) is 13.5 Å². The minimum atomic E-state index is -3.58. The molecule has 0 aliphatic heterocycles. The molecule has 0 amide bonds. The zero-order valence-electron chi connectivity index (χ0n) is 10.5. The van der Waals surface area contributed by atoms with Crippen LogP contribution in [-0.2, 0) is 23.1 Å². The van der Waals surface area contributed by atoms with Crippen molar-refractivity contribution in [2.24, 2.45) is 0 Å². The zero-order chi connectivity index (χ0) is 14.6. The average Bonchev–Trinajstić information content (AvgIpc) is 2.84. The highest BCUT2D eigenvalue weighted by atomic mass is 79.9. The van der Waals surface area contributed by atoms with Gasteiger partial charge < -0.3 is 5.11 Å². The van der Waals surface area contributed by atoms with Gasteiger partial charge in [0.2, 0.25) is 10.0 Å². The molecule has 0 spiro atoms. The molecule has 2 rings (SSSR count). The fourth-order valence-electron chi connectivity index (χ4n) is 1.77. The Kier molecular flexibility index (Phi) is 5.34. The van der Waals surface area contributed by atoms with E-state index in [0.29, 0.717) is 18.5 Å². The molecule has 1 heterocycles. The van der Waals surface area contributed by atoms with Crippen molar-refractivity contribution in [3.8, 4) is 0 Å². The normalized spacial score (nSPS) is 11.7. The zero-order valence-corrected chi connectivity index (χ0v) is 13.8. The number of benzene rings is 1. The molecule has 0 saturated heterocycles. The van der Waals surface area contributed by atoms with E-state index in [1.54, 1.807) is 29.5 Å². The lowest BCUT2D eigenvalue weighted by atomic mass is 10.2. The summed E-state index contributed by atoms with van der Waals surface area (Å²) < 4.78 is 27.9. The first-order chi connectivity index (χ1) is 9.53. The first kappa shape index (κ1) is 15.7. The maximum atomic E-state index is 12.2. The second kappa shape index (κ2) is 6.82. The van der Waals surface area contributed by atoms with Crippen molar-refractivity contribution in [1.82, 2.24) is 4.72 Å². The molecule has 2 N–H and O–H groups in total. The van der Waals surface area contributed by atoms with Crippen LogP contribution in [0.25, 0.3) is 0 Å². The van der Waals surface area contributed by atoms with Crippen molar-refractivity contribution >= 4 is 37.3 Å². The Bertz CT molecular complexity index is 682. The highest BCUT2D eigenvalue weighted by Crippen LogP contribution is 2.22. The minimum Gasteiger partial charge on any atom is -0.392 e. The van der Waals surface area contributed by atoms with Gasteiger partial charge in [-0.3, -0.25) is 0 Å². The predicted octanol–water partition coefficient (Wildman–Crippen LogP) is 2.52. The molecule has 0 radical (unpaired) electrons. The van der Waals surface area contributed by atoms with Crippen LogP contribution >= 0.6 is 27.3 Å². The van der Waals surface area contributed by atoms with Gasteiger partial charge >= 0.3 is 0 Å². The second-order valence-corrected chi connectivity index (χ2v) is 8.40. The monoisotopic (exact) mass is 375 g/mol. The Morgan fingerprint density at radius 1 is 1.20 bits per heavy atom. The Balaban J connectivity index is 2.04. The third kappa shape index (κ3) is 3.89. The van der Waals surface area contributed by atoms with Crippen molar-refractivity contribution < 1.29 is 13.5 Å². The van der Waals surface area contributed by atoms with E-state index in [1.165, 1.54) is 6.07 Å². The number of rotatable bonds is 6. The van der Waals surface area contributed by atoms with E-state index in [2.05, 4.69) is 20.7 Å². The molecule has 4 nitrogen and oxygen atoms in total. The fourth-order valence-corrected chi connectivity index (χ4v) is 4.51. The summed E-state index contributed by atoms with van der Waals surface area (Å²) >= 11 is 4.95. The molecule has 20 heavy (non-hydrogen) atoms. The van der Waals surface area contributed by atoms with Crippen LogP contribution in [0.3, 0.4) is 0 Å². The smallest absolute Gasteiger partial charge is 0.240 e. The summed E-state index contributed by atoms with van der Waals surface area (Å²) in [5, 5.41) is 9.19. The topological polar surface area (TPSA) is 66.4 Å². The van der Waals surface area contributed by atoms with Crippen LogP contribution in [0.2, 0.25) is 0 Å². The van der Waals surface area contributed by atoms with Crippen LogP contribution in [0.1, 0.15) is 10.4 Å². The number of aliphatic hydroxyl groups excluding tert-OH is 1. The summed E-state index contributed by atoms with van der Waals surface area (Å²) in [5.41, 5.74) is 0.402. The molecular weight excluding hydrogens is 362 g/mol. The van der Waals surface area contributed by atoms with Crippen molar-refractivity contribution in [1.29, 1.82) is 0 Å². The van der Waals surface area contributed by atoms with Gasteiger partial charge in [-0.1, -0.05) is 18.2 Å². The van der Waals surface area contributed by atoms with Gasteiger partial charge in [0.05, 0.1) is 15.3 Å². The molecule has 0 saturated carbocycles. The Labute approximate surface area is 130 Å². The lowest BCUT2D eigenvalue weighted by Crippen LogP contribution is -2.26. The maximum Gasteiger partial charge on any atom is 0.240 e. The number of halogens is 1. The minimum absolute atomic E-state index is 0.134. The van der Waals surface area contributed by atoms with Crippen molar-refractivity contribution in [3.63, 3.8) is 0 Å². The summed E-state index contributed by atoms with van der Waals surface area (Å²) in [4.78, 5) is 1.24. The van der Waals surface area contributed by atoms with E-state index >= 15 is 0 Å². The number of aliphatic hydroxyl groups is 1. The second-order valence-electron chi connectivity index (χ2n) is 4.12. The van der Waals surface area contributed by atoms with Gasteiger partial charge in [-0.25, -0.2) is 13.1 Å². The van der Waals surface area contributed by atoms with E-state index in [-0.39, 0.29) is 11.5 Å². The quantitative estimate of drug-likeness (QED) is 0.814. The molecule has 0 aliphatic rings. The van der Waals surface area contributed by atoms with E-state index in [1.807, 2.05) is 12.1 Å². The fraction of sp³-hybridized carbons (Fsp3) is 0.231. The molecule has 0 fully saturated rings. The Morgan fingerprint density at radius 2 is 1.95 bits per heavy atom. The molecule has 108 valence electrons. The average molecular weight is 376 g/mol. The lowest BCUT2D eigenvalue weighted by Gasteiger charge is -2.09. The Hall–Kier alpha value is -0.730. The summed E-state index contributed by atoms with van der Waals surface area (Å²) in [7, 11) is -3.58. The predicted molar refractivity (Wildman–Crippen MR) is 83.3 cm³/mol. The molecule has 7 heteroatoms. The van der Waals surface area contributed by atoms with Gasteiger partial charge in [-0.15, -0.1) is 11.3 Å². The van der Waals surface area contributed by atoms with E-state index in [4.69, 9.17) is 0 Å². The molecule has 0 bridgehead atoms. The summed E-state index contributed by atoms with van der Waals surface area (Å²) in [6, 6.07) is 10.3. The van der Waals surface area contributed by atoms with Gasteiger partial charge in [0.15, 0.2) is 0 Å². The molecule has 0 aliphatic carbocycles. The van der Waals surface area contributed by atoms with E-state index < -0.39 is 10.0 Å². The lowest BCUT2D eigenvalue weighted by molar-refractivity contribution is 0.278. The first-order valence-corrected chi connectivity index (χ1v) is 9.05. The van der Waals surface area contributed by atoms with Crippen molar-refractivity contribution in [2.75, 3.05) is 6.54 Å². The van der Waals surface area contributed by atoms with Gasteiger partial charge in [0.1, 0.15) is 0 Å². The standard InChI is InChI=1S/C13H14BrNO3S2/c14-13-6-5-11(19-13)7-8-15-20(17,18)12-4-2-1-3-10(12)9-16/h1-6,15-16H,7-9H2. The molecule has 0 atom stereocenters. The number of hydrogen-bond acceptors (Lipinski definition) is 4. The van der Waals surface area contributed by atoms with Gasteiger partial charge in [0.25, 0.3) is 0 Å². The SMILES string of the molecule is O=S(=O)(NCCc1ccc(Br)s1)c1ccccc1CO. The molecular formula is C13H14BrNO3S2. The summed E-state index contributed by atoms with van der Waals surface area (Å²) in [5.74, 6) is 0. The number of sulfonamides is 1. The maximum absolute atomic E-state index is 12.2. The number of thiophene rings is 1. The van der Waals surface area contributed by atoms with Crippen LogP contribution in [0.5, 0.6) is 0 Å². The molecule has 1 aromatic heterocycles. The largest absolute Gasteiger partial charge is 0.392 e. The van der Waals surface area contributed by atoms with Crippen LogP contribution in [0.4, 0.5) is 0 Å². The van der Waals surface area contributed by atoms with Crippen LogP contribution in [-0.4, -0.2) is 20.1 Å². The highest BCUT2D eigenvalue weighted by molar-refractivity contribution is 9.11. The Morgan fingerprint density at radius 3 is 2.60 bits per heavy atom. The first-order valence-electron chi connectivity index (χ1n) is 5.95. The van der Waals surface area contributed by atoms with Crippen molar-refractivity contribution in [2.45, 2.75) is 17.9 Å². The highest BCUT2D eigenvalue weighted by Gasteiger charge is 2.17.